The zero-order valence-corrected chi connectivity index (χ0v) is 12.0. The van der Waals surface area contributed by atoms with E-state index < -0.39 is 0 Å². The van der Waals surface area contributed by atoms with Crippen LogP contribution in [0.5, 0.6) is 0 Å². The average Bonchev–Trinajstić information content (AvgIpc) is 2.88. The standard InChI is InChI=1S/C17H22FNO/c1-2-9-19-15-6-4-3-5-14(15)17-11-12-10-13(18)7-8-16(12)20-17/h7-8,10-11,14-15,19H,2-6,9H2,1H3. The Morgan fingerprint density at radius 3 is 2.95 bits per heavy atom. The number of furan rings is 1. The van der Waals surface area contributed by atoms with Gasteiger partial charge >= 0.3 is 0 Å². The summed E-state index contributed by atoms with van der Waals surface area (Å²) in [4.78, 5) is 0. The molecule has 0 bridgehead atoms. The number of benzene rings is 1. The van der Waals surface area contributed by atoms with Gasteiger partial charge < -0.3 is 9.73 Å². The Labute approximate surface area is 119 Å². The SMILES string of the molecule is CCCNC1CCCCC1c1cc2cc(F)ccc2o1. The average molecular weight is 275 g/mol. The van der Waals surface area contributed by atoms with Gasteiger partial charge in [0.25, 0.3) is 0 Å². The maximum Gasteiger partial charge on any atom is 0.134 e. The lowest BCUT2D eigenvalue weighted by Gasteiger charge is -2.31. The summed E-state index contributed by atoms with van der Waals surface area (Å²) in [6.07, 6.45) is 6.04. The highest BCUT2D eigenvalue weighted by molar-refractivity contribution is 5.78. The van der Waals surface area contributed by atoms with Gasteiger partial charge in [-0.15, -0.1) is 0 Å². The fourth-order valence-corrected chi connectivity index (χ4v) is 3.26. The summed E-state index contributed by atoms with van der Waals surface area (Å²) in [5, 5.41) is 4.52. The number of fused-ring (bicyclic) bond motifs is 1. The second-order valence-electron chi connectivity index (χ2n) is 5.78. The number of halogens is 1. The zero-order chi connectivity index (χ0) is 13.9. The minimum Gasteiger partial charge on any atom is -0.461 e. The van der Waals surface area contributed by atoms with Crippen molar-refractivity contribution < 1.29 is 8.81 Å². The summed E-state index contributed by atoms with van der Waals surface area (Å²) in [5.74, 6) is 1.24. The minimum atomic E-state index is -0.200. The quantitative estimate of drug-likeness (QED) is 0.882. The molecule has 2 unspecified atom stereocenters. The first-order valence-electron chi connectivity index (χ1n) is 7.70. The predicted molar refractivity (Wildman–Crippen MR) is 79.5 cm³/mol. The second-order valence-corrected chi connectivity index (χ2v) is 5.78. The summed E-state index contributed by atoms with van der Waals surface area (Å²) in [7, 11) is 0. The van der Waals surface area contributed by atoms with Crippen molar-refractivity contribution in [2.45, 2.75) is 51.0 Å². The van der Waals surface area contributed by atoms with Crippen LogP contribution >= 0.6 is 0 Å². The van der Waals surface area contributed by atoms with Crippen LogP contribution in [0.3, 0.4) is 0 Å². The third kappa shape index (κ3) is 2.73. The second kappa shape index (κ2) is 5.96. The molecule has 0 radical (unpaired) electrons. The lowest BCUT2D eigenvalue weighted by molar-refractivity contribution is 0.297. The molecule has 0 saturated heterocycles. The molecule has 20 heavy (non-hydrogen) atoms. The van der Waals surface area contributed by atoms with Crippen molar-refractivity contribution in [3.8, 4) is 0 Å². The first-order valence-corrected chi connectivity index (χ1v) is 7.70. The Kier molecular flexibility index (Phi) is 4.06. The van der Waals surface area contributed by atoms with E-state index in [4.69, 9.17) is 4.42 Å². The maximum absolute atomic E-state index is 13.3. The molecule has 2 nitrogen and oxygen atoms in total. The third-order valence-electron chi connectivity index (χ3n) is 4.29. The smallest absolute Gasteiger partial charge is 0.134 e. The van der Waals surface area contributed by atoms with Crippen LogP contribution in [0.15, 0.2) is 28.7 Å². The van der Waals surface area contributed by atoms with Gasteiger partial charge in [-0.25, -0.2) is 4.39 Å². The number of nitrogens with one attached hydrogen (secondary N) is 1. The topological polar surface area (TPSA) is 25.2 Å². The van der Waals surface area contributed by atoms with E-state index in [1.54, 1.807) is 12.1 Å². The van der Waals surface area contributed by atoms with Crippen LogP contribution in [-0.2, 0) is 0 Å². The molecular weight excluding hydrogens is 253 g/mol. The van der Waals surface area contributed by atoms with Crippen molar-refractivity contribution >= 4 is 11.0 Å². The molecule has 1 saturated carbocycles. The molecule has 1 aliphatic carbocycles. The summed E-state index contributed by atoms with van der Waals surface area (Å²) in [6.45, 7) is 3.24. The van der Waals surface area contributed by atoms with E-state index in [1.807, 2.05) is 6.07 Å². The molecule has 0 aliphatic heterocycles. The van der Waals surface area contributed by atoms with Gasteiger partial charge in [-0.2, -0.15) is 0 Å². The predicted octanol–water partition coefficient (Wildman–Crippen LogP) is 4.60. The van der Waals surface area contributed by atoms with E-state index in [0.717, 1.165) is 36.1 Å². The van der Waals surface area contributed by atoms with E-state index in [9.17, 15) is 4.39 Å². The van der Waals surface area contributed by atoms with E-state index in [1.165, 1.54) is 25.3 Å². The molecule has 1 N–H and O–H groups in total. The van der Waals surface area contributed by atoms with Crippen LogP contribution in [-0.4, -0.2) is 12.6 Å². The van der Waals surface area contributed by atoms with Gasteiger partial charge in [0.1, 0.15) is 17.2 Å². The van der Waals surface area contributed by atoms with Gasteiger partial charge in [0.15, 0.2) is 0 Å². The van der Waals surface area contributed by atoms with Crippen LogP contribution in [0.1, 0.15) is 50.7 Å². The van der Waals surface area contributed by atoms with Crippen LogP contribution in [0.2, 0.25) is 0 Å². The molecule has 2 aromatic rings. The molecule has 2 atom stereocenters. The van der Waals surface area contributed by atoms with Crippen LogP contribution in [0.25, 0.3) is 11.0 Å². The maximum atomic E-state index is 13.3. The van der Waals surface area contributed by atoms with Crippen LogP contribution in [0, 0.1) is 5.82 Å². The molecular formula is C17H22FNO. The molecule has 3 rings (SSSR count). The van der Waals surface area contributed by atoms with Crippen molar-refractivity contribution in [2.24, 2.45) is 0 Å². The fourth-order valence-electron chi connectivity index (χ4n) is 3.26. The molecule has 0 amide bonds. The Hall–Kier alpha value is -1.35. The summed E-state index contributed by atoms with van der Waals surface area (Å²) >= 11 is 0. The molecule has 1 aromatic heterocycles. The van der Waals surface area contributed by atoms with Crippen LogP contribution < -0.4 is 5.32 Å². The van der Waals surface area contributed by atoms with Crippen molar-refractivity contribution in [1.29, 1.82) is 0 Å². The largest absolute Gasteiger partial charge is 0.461 e. The van der Waals surface area contributed by atoms with E-state index in [-0.39, 0.29) is 5.82 Å². The van der Waals surface area contributed by atoms with Crippen LogP contribution in [0.4, 0.5) is 4.39 Å². The van der Waals surface area contributed by atoms with Crippen molar-refractivity contribution in [1.82, 2.24) is 5.32 Å². The summed E-state index contributed by atoms with van der Waals surface area (Å²) < 4.78 is 19.2. The summed E-state index contributed by atoms with van der Waals surface area (Å²) in [6, 6.07) is 7.26. The highest BCUT2D eigenvalue weighted by Gasteiger charge is 2.28. The van der Waals surface area contributed by atoms with Crippen molar-refractivity contribution in [3.05, 3.63) is 35.8 Å². The highest BCUT2D eigenvalue weighted by Crippen LogP contribution is 2.36. The first kappa shape index (κ1) is 13.6. The van der Waals surface area contributed by atoms with E-state index in [0.29, 0.717) is 12.0 Å². The summed E-state index contributed by atoms with van der Waals surface area (Å²) in [5.41, 5.74) is 0.793. The molecule has 1 aliphatic rings. The van der Waals surface area contributed by atoms with Gasteiger partial charge in [-0.05, 0) is 50.1 Å². The van der Waals surface area contributed by atoms with E-state index in [2.05, 4.69) is 12.2 Å². The Balaban J connectivity index is 1.86. The van der Waals surface area contributed by atoms with Crippen molar-refractivity contribution in [3.63, 3.8) is 0 Å². The van der Waals surface area contributed by atoms with Gasteiger partial charge in [-0.3, -0.25) is 0 Å². The number of hydrogen-bond acceptors (Lipinski definition) is 2. The third-order valence-corrected chi connectivity index (χ3v) is 4.29. The highest BCUT2D eigenvalue weighted by atomic mass is 19.1. The molecule has 1 aromatic carbocycles. The minimum absolute atomic E-state index is 0.200. The van der Waals surface area contributed by atoms with Gasteiger partial charge in [0.2, 0.25) is 0 Å². The Morgan fingerprint density at radius 2 is 2.10 bits per heavy atom. The molecule has 1 fully saturated rings. The molecule has 1 heterocycles. The van der Waals surface area contributed by atoms with Gasteiger partial charge in [-0.1, -0.05) is 19.8 Å². The molecule has 108 valence electrons. The van der Waals surface area contributed by atoms with Crippen molar-refractivity contribution in [2.75, 3.05) is 6.54 Å². The first-order chi connectivity index (χ1) is 9.78. The lowest BCUT2D eigenvalue weighted by Crippen LogP contribution is -2.37. The fraction of sp³-hybridized carbons (Fsp3) is 0.529. The normalized spacial score (nSPS) is 23.3. The Bertz CT molecular complexity index is 577. The Morgan fingerprint density at radius 1 is 1.25 bits per heavy atom. The van der Waals surface area contributed by atoms with Gasteiger partial charge in [0, 0.05) is 17.3 Å². The number of hydrogen-bond donors (Lipinski definition) is 1. The monoisotopic (exact) mass is 275 g/mol. The lowest BCUT2D eigenvalue weighted by atomic mass is 9.83. The van der Waals surface area contributed by atoms with Gasteiger partial charge in [0.05, 0.1) is 0 Å². The van der Waals surface area contributed by atoms with E-state index >= 15 is 0 Å². The molecule has 0 spiro atoms. The zero-order valence-electron chi connectivity index (χ0n) is 12.0. The number of rotatable bonds is 4. The molecule has 3 heteroatoms.